The van der Waals surface area contributed by atoms with Gasteiger partial charge in [-0.05, 0) is 12.3 Å². The smallest absolute Gasteiger partial charge is 0.281 e. The van der Waals surface area contributed by atoms with Crippen molar-refractivity contribution in [2.75, 3.05) is 0 Å². The van der Waals surface area contributed by atoms with Gasteiger partial charge < -0.3 is 0 Å². The zero-order chi connectivity index (χ0) is 11.5. The average Bonchev–Trinajstić information content (AvgIpc) is 2.15. The number of hydrogen-bond donors (Lipinski definition) is 1. The van der Waals surface area contributed by atoms with Crippen LogP contribution < -0.4 is 0 Å². The highest BCUT2D eigenvalue weighted by Crippen LogP contribution is 2.33. The fourth-order valence-corrected chi connectivity index (χ4v) is 2.35. The van der Waals surface area contributed by atoms with E-state index in [-0.39, 0.29) is 12.3 Å². The quantitative estimate of drug-likeness (QED) is 0.771. The third-order valence-corrected chi connectivity index (χ3v) is 3.90. The first-order valence-corrected chi connectivity index (χ1v) is 6.62. The molecule has 15 heavy (non-hydrogen) atoms. The van der Waals surface area contributed by atoms with Gasteiger partial charge in [0.25, 0.3) is 0 Å². The second-order valence-electron chi connectivity index (χ2n) is 4.16. The summed E-state index contributed by atoms with van der Waals surface area (Å²) >= 11 is 0. The molecule has 1 rings (SSSR count). The summed E-state index contributed by atoms with van der Waals surface area (Å²) in [6.07, 6.45) is 4.38. The van der Waals surface area contributed by atoms with E-state index in [9.17, 15) is 17.2 Å². The van der Waals surface area contributed by atoms with E-state index < -0.39 is 21.8 Å². The van der Waals surface area contributed by atoms with Crippen molar-refractivity contribution in [1.82, 2.24) is 0 Å². The van der Waals surface area contributed by atoms with Gasteiger partial charge in [0.1, 0.15) is 0 Å². The Morgan fingerprint density at radius 3 is 2.20 bits per heavy atom. The lowest BCUT2D eigenvalue weighted by Crippen LogP contribution is -2.29. The standard InChI is InChI=1S/C9H16F2O3S/c10-9(11,15(12,13)14)7-6-8-4-2-1-3-5-8/h8H,1-7H2,(H,12,13,14). The zero-order valence-electron chi connectivity index (χ0n) is 8.45. The monoisotopic (exact) mass is 242 g/mol. The molecule has 0 saturated heterocycles. The summed E-state index contributed by atoms with van der Waals surface area (Å²) in [5, 5.41) is -3.98. The summed E-state index contributed by atoms with van der Waals surface area (Å²) in [6, 6.07) is 0. The van der Waals surface area contributed by atoms with Crippen molar-refractivity contribution in [3.05, 3.63) is 0 Å². The molecule has 0 aromatic carbocycles. The molecular weight excluding hydrogens is 226 g/mol. The maximum absolute atomic E-state index is 12.8. The van der Waals surface area contributed by atoms with Crippen LogP contribution in [0.15, 0.2) is 0 Å². The molecule has 90 valence electrons. The Morgan fingerprint density at radius 2 is 1.73 bits per heavy atom. The Bertz CT molecular complexity index is 294. The maximum atomic E-state index is 12.8. The van der Waals surface area contributed by atoms with E-state index in [0.29, 0.717) is 0 Å². The van der Waals surface area contributed by atoms with E-state index in [4.69, 9.17) is 4.55 Å². The van der Waals surface area contributed by atoms with E-state index in [1.54, 1.807) is 0 Å². The number of alkyl halides is 2. The largest absolute Gasteiger partial charge is 0.370 e. The molecule has 0 radical (unpaired) electrons. The van der Waals surface area contributed by atoms with Crippen molar-refractivity contribution in [3.63, 3.8) is 0 Å². The first-order chi connectivity index (χ1) is 6.83. The molecule has 1 N–H and O–H groups in total. The zero-order valence-corrected chi connectivity index (χ0v) is 9.27. The Kier molecular flexibility index (Phi) is 4.06. The van der Waals surface area contributed by atoms with E-state index in [2.05, 4.69) is 0 Å². The van der Waals surface area contributed by atoms with E-state index in [1.165, 1.54) is 0 Å². The van der Waals surface area contributed by atoms with Gasteiger partial charge in [-0.15, -0.1) is 0 Å². The molecule has 1 saturated carbocycles. The van der Waals surface area contributed by atoms with Crippen LogP contribution in [0.25, 0.3) is 0 Å². The summed E-state index contributed by atoms with van der Waals surface area (Å²) in [7, 11) is -5.24. The summed E-state index contributed by atoms with van der Waals surface area (Å²) in [4.78, 5) is 0. The molecular formula is C9H16F2O3S. The van der Waals surface area contributed by atoms with Crippen LogP contribution in [0.2, 0.25) is 0 Å². The molecule has 0 atom stereocenters. The van der Waals surface area contributed by atoms with Crippen molar-refractivity contribution in [1.29, 1.82) is 0 Å². The molecule has 0 heterocycles. The van der Waals surface area contributed by atoms with Crippen LogP contribution in [0.4, 0.5) is 8.78 Å². The topological polar surface area (TPSA) is 54.4 Å². The second-order valence-corrected chi connectivity index (χ2v) is 5.70. The van der Waals surface area contributed by atoms with E-state index in [1.807, 2.05) is 0 Å². The third kappa shape index (κ3) is 3.68. The minimum absolute atomic E-state index is 0.173. The molecule has 1 aliphatic carbocycles. The molecule has 0 aromatic heterocycles. The van der Waals surface area contributed by atoms with Crippen molar-refractivity contribution >= 4 is 10.1 Å². The van der Waals surface area contributed by atoms with Crippen LogP contribution >= 0.6 is 0 Å². The third-order valence-electron chi connectivity index (χ3n) is 2.95. The van der Waals surface area contributed by atoms with Crippen LogP contribution in [0.1, 0.15) is 44.9 Å². The van der Waals surface area contributed by atoms with Crippen molar-refractivity contribution in [3.8, 4) is 0 Å². The van der Waals surface area contributed by atoms with Crippen LogP contribution in [-0.2, 0) is 10.1 Å². The van der Waals surface area contributed by atoms with Crippen molar-refractivity contribution < 1.29 is 21.8 Å². The predicted molar refractivity (Wildman–Crippen MR) is 52.3 cm³/mol. The lowest BCUT2D eigenvalue weighted by molar-refractivity contribution is 0.0615. The number of halogens is 2. The molecule has 1 fully saturated rings. The summed E-state index contributed by atoms with van der Waals surface area (Å²) < 4.78 is 54.7. The molecule has 6 heteroatoms. The van der Waals surface area contributed by atoms with Crippen LogP contribution in [0.3, 0.4) is 0 Å². The fourth-order valence-electron chi connectivity index (χ4n) is 1.98. The maximum Gasteiger partial charge on any atom is 0.370 e. The second kappa shape index (κ2) is 4.74. The van der Waals surface area contributed by atoms with Gasteiger partial charge in [-0.25, -0.2) is 0 Å². The van der Waals surface area contributed by atoms with E-state index in [0.717, 1.165) is 32.1 Å². The van der Waals surface area contributed by atoms with Gasteiger partial charge in [-0.3, -0.25) is 4.55 Å². The first-order valence-electron chi connectivity index (χ1n) is 5.18. The van der Waals surface area contributed by atoms with Gasteiger partial charge in [0.2, 0.25) is 0 Å². The summed E-state index contributed by atoms with van der Waals surface area (Å²) in [6.45, 7) is 0. The molecule has 0 spiro atoms. The van der Waals surface area contributed by atoms with Crippen LogP contribution in [-0.4, -0.2) is 18.2 Å². The molecule has 0 aromatic rings. The van der Waals surface area contributed by atoms with Gasteiger partial charge >= 0.3 is 15.4 Å². The fraction of sp³-hybridized carbons (Fsp3) is 1.00. The highest BCUT2D eigenvalue weighted by molar-refractivity contribution is 7.86. The minimum atomic E-state index is -5.24. The van der Waals surface area contributed by atoms with Crippen LogP contribution in [0.5, 0.6) is 0 Å². The van der Waals surface area contributed by atoms with Gasteiger partial charge in [0.15, 0.2) is 0 Å². The van der Waals surface area contributed by atoms with Gasteiger partial charge in [-0.2, -0.15) is 17.2 Å². The molecule has 0 amide bonds. The Morgan fingerprint density at radius 1 is 1.20 bits per heavy atom. The lowest BCUT2D eigenvalue weighted by Gasteiger charge is -2.22. The normalized spacial score (nSPS) is 20.5. The van der Waals surface area contributed by atoms with Gasteiger partial charge in [-0.1, -0.05) is 32.1 Å². The molecule has 0 bridgehead atoms. The highest BCUT2D eigenvalue weighted by atomic mass is 32.2. The SMILES string of the molecule is O=S(=O)(O)C(F)(F)CCC1CCCCC1. The molecule has 3 nitrogen and oxygen atoms in total. The van der Waals surface area contributed by atoms with Gasteiger partial charge in [0, 0.05) is 6.42 Å². The van der Waals surface area contributed by atoms with Gasteiger partial charge in [0.05, 0.1) is 0 Å². The number of hydrogen-bond acceptors (Lipinski definition) is 2. The summed E-state index contributed by atoms with van der Waals surface area (Å²) in [5.74, 6) is 0.186. The highest BCUT2D eigenvalue weighted by Gasteiger charge is 2.43. The molecule has 1 aliphatic rings. The number of rotatable bonds is 4. The first kappa shape index (κ1) is 12.8. The molecule has 0 aliphatic heterocycles. The average molecular weight is 242 g/mol. The summed E-state index contributed by atoms with van der Waals surface area (Å²) in [5.41, 5.74) is 0. The van der Waals surface area contributed by atoms with Crippen molar-refractivity contribution in [2.24, 2.45) is 5.92 Å². The Labute approximate surface area is 88.6 Å². The van der Waals surface area contributed by atoms with Crippen LogP contribution in [0, 0.1) is 5.92 Å². The lowest BCUT2D eigenvalue weighted by atomic mass is 9.86. The van der Waals surface area contributed by atoms with Crippen molar-refractivity contribution in [2.45, 2.75) is 50.2 Å². The Balaban J connectivity index is 2.41. The Hall–Kier alpha value is -0.230. The minimum Gasteiger partial charge on any atom is -0.281 e. The molecule has 0 unspecified atom stereocenters. The van der Waals surface area contributed by atoms with E-state index >= 15 is 0 Å². The predicted octanol–water partition coefficient (Wildman–Crippen LogP) is 2.83.